The number of carbonyl (C=O) groups excluding carboxylic acids is 1. The lowest BCUT2D eigenvalue weighted by atomic mass is 9.98. The lowest BCUT2D eigenvalue weighted by Gasteiger charge is -2.37. The number of phenols is 1. The van der Waals surface area contributed by atoms with Crippen LogP contribution >= 0.6 is 0 Å². The van der Waals surface area contributed by atoms with Crippen LogP contribution in [0.25, 0.3) is 0 Å². The topological polar surface area (TPSA) is 93.1 Å². The zero-order valence-corrected chi connectivity index (χ0v) is 18.7. The summed E-state index contributed by atoms with van der Waals surface area (Å²) < 4.78 is 13.1. The average Bonchev–Trinajstić information content (AvgIpc) is 2.84. The summed E-state index contributed by atoms with van der Waals surface area (Å²) in [6.07, 6.45) is 0. The summed E-state index contributed by atoms with van der Waals surface area (Å²) >= 11 is 0. The van der Waals surface area contributed by atoms with Gasteiger partial charge in [-0.2, -0.15) is 0 Å². The Kier molecular flexibility index (Phi) is 6.67. The maximum absolute atomic E-state index is 13.1. The molecule has 1 aliphatic rings. The minimum Gasteiger partial charge on any atom is -0.508 e. The number of carboxylic acids is 1. The maximum Gasteiger partial charge on any atom is 0.335 e. The molecule has 1 saturated heterocycles. The van der Waals surface area contributed by atoms with Gasteiger partial charge in [-0.15, -0.1) is 0 Å². The van der Waals surface area contributed by atoms with E-state index in [1.54, 1.807) is 31.2 Å². The van der Waals surface area contributed by atoms with Crippen molar-refractivity contribution in [2.24, 2.45) is 0 Å². The van der Waals surface area contributed by atoms with Gasteiger partial charge < -0.3 is 25.3 Å². The van der Waals surface area contributed by atoms with E-state index in [-0.39, 0.29) is 23.0 Å². The summed E-state index contributed by atoms with van der Waals surface area (Å²) in [7, 11) is 0. The number of rotatable bonds is 6. The van der Waals surface area contributed by atoms with Crippen LogP contribution in [0.4, 0.5) is 21.5 Å². The van der Waals surface area contributed by atoms with Crippen LogP contribution in [0, 0.1) is 5.82 Å². The highest BCUT2D eigenvalue weighted by Crippen LogP contribution is 2.30. The van der Waals surface area contributed by atoms with Crippen molar-refractivity contribution in [3.8, 4) is 5.75 Å². The molecule has 1 fully saturated rings. The molecule has 0 aliphatic carbocycles. The molecule has 0 spiro atoms. The van der Waals surface area contributed by atoms with E-state index in [1.165, 1.54) is 24.3 Å². The Morgan fingerprint density at radius 1 is 0.882 bits per heavy atom. The second-order valence-electron chi connectivity index (χ2n) is 8.33. The molecule has 7 nitrogen and oxygen atoms in total. The van der Waals surface area contributed by atoms with Crippen molar-refractivity contribution < 1.29 is 24.2 Å². The van der Waals surface area contributed by atoms with E-state index in [0.29, 0.717) is 24.3 Å². The zero-order valence-electron chi connectivity index (χ0n) is 18.7. The number of anilines is 3. The summed E-state index contributed by atoms with van der Waals surface area (Å²) in [5.41, 5.74) is 3.24. The van der Waals surface area contributed by atoms with Gasteiger partial charge in [0.2, 0.25) is 5.91 Å². The monoisotopic (exact) mass is 463 g/mol. The van der Waals surface area contributed by atoms with Crippen LogP contribution in [0.5, 0.6) is 5.75 Å². The molecule has 1 atom stereocenters. The van der Waals surface area contributed by atoms with E-state index in [0.717, 1.165) is 24.5 Å². The molecule has 1 amide bonds. The number of phenolic OH excluding ortho intramolecular Hbond substituents is 1. The number of hydrogen-bond donors (Lipinski definition) is 3. The van der Waals surface area contributed by atoms with Gasteiger partial charge in [0.1, 0.15) is 11.6 Å². The Hall–Kier alpha value is -4.07. The number of nitrogens with one attached hydrogen (secondary N) is 1. The number of piperazine rings is 1. The Morgan fingerprint density at radius 2 is 1.47 bits per heavy atom. The lowest BCUT2D eigenvalue weighted by Crippen LogP contribution is -2.46. The van der Waals surface area contributed by atoms with Gasteiger partial charge in [0.15, 0.2) is 0 Å². The van der Waals surface area contributed by atoms with Crippen LogP contribution in [0.15, 0.2) is 66.7 Å². The van der Waals surface area contributed by atoms with Crippen molar-refractivity contribution in [3.05, 3.63) is 83.7 Å². The summed E-state index contributed by atoms with van der Waals surface area (Å²) in [5.74, 6) is -2.01. The van der Waals surface area contributed by atoms with Crippen LogP contribution in [0.3, 0.4) is 0 Å². The number of amides is 1. The molecule has 0 bridgehead atoms. The number of aromatic hydroxyl groups is 1. The molecule has 3 aromatic rings. The van der Waals surface area contributed by atoms with Crippen molar-refractivity contribution >= 4 is 28.9 Å². The van der Waals surface area contributed by atoms with Gasteiger partial charge in [-0.1, -0.05) is 0 Å². The van der Waals surface area contributed by atoms with Crippen LogP contribution in [-0.2, 0) is 4.79 Å². The standard InChI is InChI=1S/C26H26FN3O4/c1-17(25(32)28-21-6-4-20(27)5-7-21)19-14-23(16-24(31)15-19)30-12-10-29(11-13-30)22-8-2-18(3-9-22)26(33)34/h2-9,14-17,31H,10-13H2,1H3,(H,28,32)(H,33,34). The van der Waals surface area contributed by atoms with Crippen molar-refractivity contribution in [2.75, 3.05) is 41.3 Å². The van der Waals surface area contributed by atoms with Crippen molar-refractivity contribution in [3.63, 3.8) is 0 Å². The number of halogens is 1. The van der Waals surface area contributed by atoms with Crippen LogP contribution in [0.1, 0.15) is 28.8 Å². The largest absolute Gasteiger partial charge is 0.508 e. The first kappa shape index (κ1) is 23.1. The van der Waals surface area contributed by atoms with Crippen LogP contribution < -0.4 is 15.1 Å². The molecule has 3 N–H and O–H groups in total. The summed E-state index contributed by atoms with van der Waals surface area (Å²) in [6, 6.07) is 17.6. The molecule has 8 heteroatoms. The quantitative estimate of drug-likeness (QED) is 0.505. The second-order valence-corrected chi connectivity index (χ2v) is 8.33. The van der Waals surface area contributed by atoms with Crippen molar-refractivity contribution in [2.45, 2.75) is 12.8 Å². The highest BCUT2D eigenvalue weighted by Gasteiger charge is 2.21. The first-order valence-electron chi connectivity index (χ1n) is 11.0. The second kappa shape index (κ2) is 9.82. The first-order valence-corrected chi connectivity index (χ1v) is 11.0. The van der Waals surface area contributed by atoms with Gasteiger partial charge in [0.25, 0.3) is 0 Å². The van der Waals surface area contributed by atoms with Gasteiger partial charge in [-0.05, 0) is 73.2 Å². The molecule has 1 heterocycles. The van der Waals surface area contributed by atoms with Crippen LogP contribution in [-0.4, -0.2) is 48.3 Å². The SMILES string of the molecule is CC(C(=O)Nc1ccc(F)cc1)c1cc(O)cc(N2CCN(c3ccc(C(=O)O)cc3)CC2)c1. The van der Waals surface area contributed by atoms with E-state index < -0.39 is 11.9 Å². The minimum atomic E-state index is -0.948. The number of benzene rings is 3. The van der Waals surface area contributed by atoms with Crippen LogP contribution in [0.2, 0.25) is 0 Å². The molecule has 1 aliphatic heterocycles. The highest BCUT2D eigenvalue weighted by atomic mass is 19.1. The molecule has 0 aromatic heterocycles. The summed E-state index contributed by atoms with van der Waals surface area (Å²) in [6.45, 7) is 4.64. The van der Waals surface area contributed by atoms with Gasteiger partial charge in [-0.3, -0.25) is 4.79 Å². The molecule has 4 rings (SSSR count). The van der Waals surface area contributed by atoms with Gasteiger partial charge in [0, 0.05) is 49.3 Å². The Bertz CT molecular complexity index is 1170. The third-order valence-electron chi connectivity index (χ3n) is 6.05. The van der Waals surface area contributed by atoms with Crippen molar-refractivity contribution in [1.29, 1.82) is 0 Å². The predicted octanol–water partition coefficient (Wildman–Crippen LogP) is 4.30. The third kappa shape index (κ3) is 5.28. The van der Waals surface area contributed by atoms with E-state index >= 15 is 0 Å². The van der Waals surface area contributed by atoms with Crippen molar-refractivity contribution in [1.82, 2.24) is 0 Å². The van der Waals surface area contributed by atoms with E-state index in [2.05, 4.69) is 15.1 Å². The predicted molar refractivity (Wildman–Crippen MR) is 129 cm³/mol. The fourth-order valence-electron chi connectivity index (χ4n) is 4.02. The molecular weight excluding hydrogens is 437 g/mol. The zero-order chi connectivity index (χ0) is 24.2. The molecule has 0 saturated carbocycles. The van der Waals surface area contributed by atoms with E-state index in [1.807, 2.05) is 18.2 Å². The van der Waals surface area contributed by atoms with Gasteiger partial charge >= 0.3 is 5.97 Å². The smallest absolute Gasteiger partial charge is 0.335 e. The van der Waals surface area contributed by atoms with E-state index in [9.17, 15) is 19.1 Å². The molecule has 1 unspecified atom stereocenters. The number of hydrogen-bond acceptors (Lipinski definition) is 5. The number of aromatic carboxylic acids is 1. The van der Waals surface area contributed by atoms with Gasteiger partial charge in [-0.25, -0.2) is 9.18 Å². The molecule has 0 radical (unpaired) electrons. The number of carboxylic acid groups (broad SMARTS) is 1. The van der Waals surface area contributed by atoms with E-state index in [4.69, 9.17) is 5.11 Å². The lowest BCUT2D eigenvalue weighted by molar-refractivity contribution is -0.117. The molecule has 3 aromatic carbocycles. The first-order chi connectivity index (χ1) is 16.3. The third-order valence-corrected chi connectivity index (χ3v) is 6.05. The Balaban J connectivity index is 1.42. The Morgan fingerprint density at radius 3 is 2.06 bits per heavy atom. The average molecular weight is 464 g/mol. The fourth-order valence-corrected chi connectivity index (χ4v) is 4.02. The number of nitrogens with zero attached hydrogens (tertiary/aromatic N) is 2. The fraction of sp³-hybridized carbons (Fsp3) is 0.231. The summed E-state index contributed by atoms with van der Waals surface area (Å²) in [5, 5.41) is 22.2. The maximum atomic E-state index is 13.1. The molecule has 176 valence electrons. The normalized spacial score (nSPS) is 14.5. The summed E-state index contributed by atoms with van der Waals surface area (Å²) in [4.78, 5) is 28.1. The highest BCUT2D eigenvalue weighted by molar-refractivity contribution is 5.95. The minimum absolute atomic E-state index is 0.0839. The van der Waals surface area contributed by atoms with Gasteiger partial charge in [0.05, 0.1) is 11.5 Å². The Labute approximate surface area is 197 Å². The molecule has 34 heavy (non-hydrogen) atoms. The number of carbonyl (C=O) groups is 2. The molecular formula is C26H26FN3O4.